The van der Waals surface area contributed by atoms with Gasteiger partial charge in [0.2, 0.25) is 0 Å². The topological polar surface area (TPSA) is 61.4 Å². The molecule has 0 bridgehead atoms. The smallest absolute Gasteiger partial charge is 0.279 e. The summed E-state index contributed by atoms with van der Waals surface area (Å²) in [5.74, 6) is 0.607. The zero-order valence-electron chi connectivity index (χ0n) is 11.5. The first kappa shape index (κ1) is 18.1. The lowest BCUT2D eigenvalue weighted by molar-refractivity contribution is 0.354. The first-order chi connectivity index (χ1) is 7.93. The Morgan fingerprint density at radius 2 is 2.11 bits per heavy atom. The summed E-state index contributed by atoms with van der Waals surface area (Å²) in [6.45, 7) is 6.38. The molecule has 0 radical (unpaired) electrons. The summed E-state index contributed by atoms with van der Waals surface area (Å²) < 4.78 is 27.7. The van der Waals surface area contributed by atoms with Gasteiger partial charge in [-0.1, -0.05) is 0 Å². The van der Waals surface area contributed by atoms with Crippen molar-refractivity contribution in [2.75, 3.05) is 26.7 Å². The molecular weight excluding hydrogens is 274 g/mol. The summed E-state index contributed by atoms with van der Waals surface area (Å²) in [4.78, 5) is 0. The Bertz CT molecular complexity index is 316. The third-order valence-electron chi connectivity index (χ3n) is 3.34. The first-order valence-corrected chi connectivity index (χ1v) is 7.81. The van der Waals surface area contributed by atoms with E-state index in [1.807, 2.05) is 13.8 Å². The van der Waals surface area contributed by atoms with Gasteiger partial charge in [-0.25, -0.2) is 4.72 Å². The van der Waals surface area contributed by atoms with Crippen molar-refractivity contribution in [3.8, 4) is 0 Å². The van der Waals surface area contributed by atoms with Gasteiger partial charge in [-0.3, -0.25) is 0 Å². The standard InChI is InChI=1S/C11H25N3O2S.ClH/c1-10(2)14(3)17(15,16)13-8-6-11-5-4-7-12-9-11;/h10-13H,4-9H2,1-3H3;1H. The molecule has 0 aliphatic carbocycles. The zero-order chi connectivity index (χ0) is 12.9. The van der Waals surface area contributed by atoms with Crippen LogP contribution in [0.1, 0.15) is 33.1 Å². The normalized spacial score (nSPS) is 21.1. The quantitative estimate of drug-likeness (QED) is 0.768. The fourth-order valence-electron chi connectivity index (χ4n) is 1.94. The molecule has 0 saturated carbocycles. The molecule has 1 fully saturated rings. The molecule has 5 nitrogen and oxygen atoms in total. The molecule has 1 aliphatic rings. The summed E-state index contributed by atoms with van der Waals surface area (Å²) >= 11 is 0. The lowest BCUT2D eigenvalue weighted by Crippen LogP contribution is -2.43. The minimum atomic E-state index is -3.30. The van der Waals surface area contributed by atoms with E-state index in [0.717, 1.165) is 19.5 Å². The van der Waals surface area contributed by atoms with Crippen molar-refractivity contribution >= 4 is 22.6 Å². The molecule has 1 aliphatic heterocycles. The van der Waals surface area contributed by atoms with Crippen LogP contribution in [0.2, 0.25) is 0 Å². The Morgan fingerprint density at radius 3 is 2.61 bits per heavy atom. The SMILES string of the molecule is CC(C)N(C)S(=O)(=O)NCCC1CCCNC1.Cl. The first-order valence-electron chi connectivity index (χ1n) is 6.37. The summed E-state index contributed by atoms with van der Waals surface area (Å²) in [6.07, 6.45) is 3.32. The molecule has 18 heavy (non-hydrogen) atoms. The highest BCUT2D eigenvalue weighted by atomic mass is 35.5. The van der Waals surface area contributed by atoms with Gasteiger partial charge in [0.25, 0.3) is 10.2 Å². The molecule has 0 aromatic heterocycles. The lowest BCUT2D eigenvalue weighted by atomic mass is 9.96. The van der Waals surface area contributed by atoms with Crippen molar-refractivity contribution < 1.29 is 8.42 Å². The maximum absolute atomic E-state index is 11.8. The van der Waals surface area contributed by atoms with Crippen LogP contribution in [0.4, 0.5) is 0 Å². The lowest BCUT2D eigenvalue weighted by Gasteiger charge is -2.24. The molecule has 1 heterocycles. The average Bonchev–Trinajstić information content (AvgIpc) is 2.29. The molecule has 0 amide bonds. The molecule has 0 spiro atoms. The van der Waals surface area contributed by atoms with E-state index in [4.69, 9.17) is 0 Å². The van der Waals surface area contributed by atoms with Gasteiger partial charge in [0.1, 0.15) is 0 Å². The summed E-state index contributed by atoms with van der Waals surface area (Å²) in [7, 11) is -1.69. The van der Waals surface area contributed by atoms with Gasteiger partial charge >= 0.3 is 0 Å². The number of nitrogens with one attached hydrogen (secondary N) is 2. The predicted molar refractivity (Wildman–Crippen MR) is 77.3 cm³/mol. The fourth-order valence-corrected chi connectivity index (χ4v) is 3.08. The van der Waals surface area contributed by atoms with Crippen molar-refractivity contribution in [3.63, 3.8) is 0 Å². The summed E-state index contributed by atoms with van der Waals surface area (Å²) in [6, 6.07) is -0.0103. The fraction of sp³-hybridized carbons (Fsp3) is 1.00. The van der Waals surface area contributed by atoms with Gasteiger partial charge in [-0.05, 0) is 52.1 Å². The van der Waals surface area contributed by atoms with Crippen LogP contribution in [0.25, 0.3) is 0 Å². The highest BCUT2D eigenvalue weighted by Gasteiger charge is 2.20. The Morgan fingerprint density at radius 1 is 1.44 bits per heavy atom. The molecule has 1 atom stereocenters. The van der Waals surface area contributed by atoms with Crippen molar-refractivity contribution in [2.24, 2.45) is 5.92 Å². The van der Waals surface area contributed by atoms with Crippen LogP contribution in [0, 0.1) is 5.92 Å². The second-order valence-corrected chi connectivity index (χ2v) is 6.83. The average molecular weight is 300 g/mol. The van der Waals surface area contributed by atoms with Gasteiger partial charge < -0.3 is 5.32 Å². The van der Waals surface area contributed by atoms with E-state index in [0.29, 0.717) is 12.5 Å². The molecule has 1 rings (SSSR count). The molecule has 7 heteroatoms. The van der Waals surface area contributed by atoms with Gasteiger partial charge in [0, 0.05) is 19.6 Å². The highest BCUT2D eigenvalue weighted by molar-refractivity contribution is 7.87. The maximum Gasteiger partial charge on any atom is 0.279 e. The van der Waals surface area contributed by atoms with E-state index in [9.17, 15) is 8.42 Å². The Labute approximate surface area is 117 Å². The van der Waals surface area contributed by atoms with Crippen molar-refractivity contribution in [3.05, 3.63) is 0 Å². The Kier molecular flexibility index (Phi) is 8.38. The number of hydrogen-bond donors (Lipinski definition) is 2. The van der Waals surface area contributed by atoms with Crippen molar-refractivity contribution in [1.82, 2.24) is 14.3 Å². The summed E-state index contributed by atoms with van der Waals surface area (Å²) in [5.41, 5.74) is 0. The zero-order valence-corrected chi connectivity index (χ0v) is 13.1. The molecule has 0 aromatic rings. The monoisotopic (exact) mass is 299 g/mol. The minimum Gasteiger partial charge on any atom is -0.316 e. The van der Waals surface area contributed by atoms with Crippen LogP contribution in [-0.2, 0) is 10.2 Å². The number of piperidine rings is 1. The second-order valence-electron chi connectivity index (χ2n) is 5.01. The summed E-state index contributed by atoms with van der Waals surface area (Å²) in [5, 5.41) is 3.34. The number of rotatable bonds is 6. The van der Waals surface area contributed by atoms with Crippen LogP contribution in [0.5, 0.6) is 0 Å². The Balaban J connectivity index is 0.00000289. The predicted octanol–water partition coefficient (Wildman–Crippen LogP) is 0.972. The number of hydrogen-bond acceptors (Lipinski definition) is 3. The van der Waals surface area contributed by atoms with E-state index in [2.05, 4.69) is 10.0 Å². The van der Waals surface area contributed by atoms with E-state index in [1.54, 1.807) is 7.05 Å². The van der Waals surface area contributed by atoms with Crippen molar-refractivity contribution in [1.29, 1.82) is 0 Å². The molecule has 1 saturated heterocycles. The van der Waals surface area contributed by atoms with Crippen LogP contribution >= 0.6 is 12.4 Å². The molecule has 0 aromatic carbocycles. The largest absolute Gasteiger partial charge is 0.316 e. The van der Waals surface area contributed by atoms with E-state index < -0.39 is 10.2 Å². The number of nitrogens with zero attached hydrogens (tertiary/aromatic N) is 1. The highest BCUT2D eigenvalue weighted by Crippen LogP contribution is 2.13. The third-order valence-corrected chi connectivity index (χ3v) is 5.09. The molecule has 2 N–H and O–H groups in total. The van der Waals surface area contributed by atoms with E-state index in [1.165, 1.54) is 17.1 Å². The molecule has 110 valence electrons. The van der Waals surface area contributed by atoms with E-state index in [-0.39, 0.29) is 18.4 Å². The second kappa shape index (κ2) is 8.32. The molecular formula is C11H26ClN3O2S. The van der Waals surface area contributed by atoms with Gasteiger partial charge in [0.05, 0.1) is 0 Å². The van der Waals surface area contributed by atoms with Gasteiger partial charge in [-0.2, -0.15) is 12.7 Å². The van der Waals surface area contributed by atoms with Crippen LogP contribution < -0.4 is 10.0 Å². The molecule has 1 unspecified atom stereocenters. The minimum absolute atomic E-state index is 0. The van der Waals surface area contributed by atoms with Crippen LogP contribution in [-0.4, -0.2) is 45.4 Å². The van der Waals surface area contributed by atoms with Gasteiger partial charge in [0.15, 0.2) is 0 Å². The maximum atomic E-state index is 11.8. The van der Waals surface area contributed by atoms with Crippen LogP contribution in [0.15, 0.2) is 0 Å². The third kappa shape index (κ3) is 5.84. The van der Waals surface area contributed by atoms with Crippen LogP contribution in [0.3, 0.4) is 0 Å². The van der Waals surface area contributed by atoms with E-state index >= 15 is 0 Å². The van der Waals surface area contributed by atoms with Gasteiger partial charge in [-0.15, -0.1) is 12.4 Å². The van der Waals surface area contributed by atoms with Crippen molar-refractivity contribution in [2.45, 2.75) is 39.2 Å². The Hall–Kier alpha value is 0.120. The number of halogens is 1.